The third kappa shape index (κ3) is 3.86. The van der Waals surface area contributed by atoms with Crippen LogP contribution < -0.4 is 0 Å². The molecule has 3 atom stereocenters. The average Bonchev–Trinajstić information content (AvgIpc) is 3.36. The molecule has 5 rings (SSSR count). The maximum absolute atomic E-state index is 13.6. The van der Waals surface area contributed by atoms with Gasteiger partial charge in [0.2, 0.25) is 0 Å². The summed E-state index contributed by atoms with van der Waals surface area (Å²) in [6, 6.07) is 29.5. The molecule has 0 radical (unpaired) electrons. The molecule has 0 spiro atoms. The van der Waals surface area contributed by atoms with Gasteiger partial charge in [-0.1, -0.05) is 91.0 Å². The fourth-order valence-corrected chi connectivity index (χ4v) is 6.10. The lowest BCUT2D eigenvalue weighted by Gasteiger charge is -2.26. The van der Waals surface area contributed by atoms with Crippen LogP contribution in [0.5, 0.6) is 0 Å². The van der Waals surface area contributed by atoms with E-state index in [1.807, 2.05) is 88.7 Å². The van der Waals surface area contributed by atoms with Crippen LogP contribution in [0.2, 0.25) is 0 Å². The summed E-state index contributed by atoms with van der Waals surface area (Å²) >= 11 is 1.79. The van der Waals surface area contributed by atoms with E-state index in [4.69, 9.17) is 0 Å². The highest BCUT2D eigenvalue weighted by Crippen LogP contribution is 2.47. The van der Waals surface area contributed by atoms with E-state index >= 15 is 0 Å². The number of carbonyl (C=O) groups is 2. The molecule has 4 nitrogen and oxygen atoms in total. The number of hydrogen-bond acceptors (Lipinski definition) is 3. The second-order valence-electron chi connectivity index (χ2n) is 8.03. The minimum atomic E-state index is -0.137. The molecule has 2 saturated heterocycles. The predicted molar refractivity (Wildman–Crippen MR) is 124 cm³/mol. The van der Waals surface area contributed by atoms with Crippen molar-refractivity contribution in [3.05, 3.63) is 108 Å². The Morgan fingerprint density at radius 2 is 1.48 bits per heavy atom. The van der Waals surface area contributed by atoms with E-state index in [9.17, 15) is 9.59 Å². The number of Topliss-reactive ketones (excluding diaryl/α,β-unsaturated/α-hetero) is 1. The van der Waals surface area contributed by atoms with Gasteiger partial charge in [-0.25, -0.2) is 4.79 Å². The maximum Gasteiger partial charge on any atom is 0.322 e. The Labute approximate surface area is 186 Å². The van der Waals surface area contributed by atoms with Crippen LogP contribution in [-0.4, -0.2) is 39.5 Å². The van der Waals surface area contributed by atoms with Crippen molar-refractivity contribution in [3.8, 4) is 0 Å². The molecule has 0 N–H and O–H groups in total. The average molecular weight is 429 g/mol. The van der Waals surface area contributed by atoms with Crippen LogP contribution >= 0.6 is 11.8 Å². The molecule has 0 aromatic heterocycles. The first-order valence-electron chi connectivity index (χ1n) is 10.6. The van der Waals surface area contributed by atoms with Crippen LogP contribution in [0, 0.1) is 0 Å². The Morgan fingerprint density at radius 1 is 0.871 bits per heavy atom. The molecule has 2 aliphatic rings. The third-order valence-electron chi connectivity index (χ3n) is 6.12. The molecule has 2 aliphatic heterocycles. The molecule has 0 unspecified atom stereocenters. The van der Waals surface area contributed by atoms with Crippen molar-refractivity contribution in [2.75, 3.05) is 5.75 Å². The van der Waals surface area contributed by atoms with Gasteiger partial charge in [0.15, 0.2) is 5.78 Å². The zero-order chi connectivity index (χ0) is 21.2. The van der Waals surface area contributed by atoms with Gasteiger partial charge in [-0.2, -0.15) is 0 Å². The number of benzene rings is 3. The highest BCUT2D eigenvalue weighted by atomic mass is 32.2. The second kappa shape index (κ2) is 8.60. The van der Waals surface area contributed by atoms with Crippen LogP contribution in [0.4, 0.5) is 4.79 Å². The Balaban J connectivity index is 1.46. The Morgan fingerprint density at radius 3 is 2.16 bits per heavy atom. The molecular formula is C26H24N2O2S. The quantitative estimate of drug-likeness (QED) is 0.495. The zero-order valence-electron chi connectivity index (χ0n) is 17.1. The Kier molecular flexibility index (Phi) is 5.51. The van der Waals surface area contributed by atoms with Crippen LogP contribution in [0.3, 0.4) is 0 Å². The van der Waals surface area contributed by atoms with E-state index in [1.54, 1.807) is 11.8 Å². The van der Waals surface area contributed by atoms with E-state index in [0.717, 1.165) is 16.9 Å². The summed E-state index contributed by atoms with van der Waals surface area (Å²) in [6.07, 6.45) is 0.339. The van der Waals surface area contributed by atoms with E-state index in [1.165, 1.54) is 0 Å². The number of hydrogen-bond donors (Lipinski definition) is 0. The molecule has 2 fully saturated rings. The van der Waals surface area contributed by atoms with Gasteiger partial charge in [0.05, 0.1) is 12.1 Å². The van der Waals surface area contributed by atoms with Crippen LogP contribution in [0.25, 0.3) is 0 Å². The third-order valence-corrected chi connectivity index (χ3v) is 7.47. The standard InChI is InChI=1S/C26H24N2O2S/c29-24(20-12-6-2-7-13-20)16-22-23-18-31-25(21-14-8-3-9-15-21)28(23)26(30)27(22)17-19-10-4-1-5-11-19/h1-15,22-23,25H,16-18H2/t22-,23-,25-/m0/s1. The number of ketones is 1. The molecular weight excluding hydrogens is 404 g/mol. The summed E-state index contributed by atoms with van der Waals surface area (Å²) in [4.78, 5) is 30.6. The number of amides is 2. The number of rotatable bonds is 6. The molecule has 2 heterocycles. The van der Waals surface area contributed by atoms with Gasteiger partial charge in [-0.3, -0.25) is 4.79 Å². The number of carbonyl (C=O) groups excluding carboxylic acids is 2. The van der Waals surface area contributed by atoms with Gasteiger partial charge in [-0.15, -0.1) is 11.8 Å². The second-order valence-corrected chi connectivity index (χ2v) is 9.14. The lowest BCUT2D eigenvalue weighted by atomic mass is 9.98. The molecule has 5 heteroatoms. The van der Waals surface area contributed by atoms with Crippen LogP contribution in [0.1, 0.15) is 33.3 Å². The predicted octanol–water partition coefficient (Wildman–Crippen LogP) is 5.38. The molecule has 3 aromatic rings. The summed E-state index contributed by atoms with van der Waals surface area (Å²) in [6.45, 7) is 0.519. The van der Waals surface area contributed by atoms with Crippen molar-refractivity contribution in [1.82, 2.24) is 9.80 Å². The molecule has 31 heavy (non-hydrogen) atoms. The largest absolute Gasteiger partial charge is 0.322 e. The van der Waals surface area contributed by atoms with Crippen molar-refractivity contribution >= 4 is 23.6 Å². The van der Waals surface area contributed by atoms with E-state index < -0.39 is 0 Å². The number of fused-ring (bicyclic) bond motifs is 1. The summed E-state index contributed by atoms with van der Waals surface area (Å²) in [5.74, 6) is 0.926. The topological polar surface area (TPSA) is 40.6 Å². The lowest BCUT2D eigenvalue weighted by Crippen LogP contribution is -2.38. The lowest BCUT2D eigenvalue weighted by molar-refractivity contribution is 0.0941. The van der Waals surface area contributed by atoms with Gasteiger partial charge in [0, 0.05) is 24.3 Å². The molecule has 156 valence electrons. The van der Waals surface area contributed by atoms with Crippen LogP contribution in [0.15, 0.2) is 91.0 Å². The molecule has 3 aromatic carbocycles. The van der Waals surface area contributed by atoms with E-state index in [0.29, 0.717) is 18.5 Å². The van der Waals surface area contributed by atoms with Crippen LogP contribution in [-0.2, 0) is 6.54 Å². The minimum Gasteiger partial charge on any atom is -0.315 e. The summed E-state index contributed by atoms with van der Waals surface area (Å²) in [5, 5.41) is -0.00574. The Bertz CT molecular complexity index is 1060. The summed E-state index contributed by atoms with van der Waals surface area (Å²) < 4.78 is 0. The highest BCUT2D eigenvalue weighted by molar-refractivity contribution is 7.99. The van der Waals surface area contributed by atoms with Gasteiger partial charge < -0.3 is 9.80 Å². The monoisotopic (exact) mass is 428 g/mol. The van der Waals surface area contributed by atoms with Gasteiger partial charge >= 0.3 is 6.03 Å². The normalized spacial score (nSPS) is 22.6. The summed E-state index contributed by atoms with van der Waals surface area (Å²) in [7, 11) is 0. The number of thioether (sulfide) groups is 1. The fourth-order valence-electron chi connectivity index (χ4n) is 4.58. The van der Waals surface area contributed by atoms with Gasteiger partial charge in [0.1, 0.15) is 5.37 Å². The molecule has 2 amide bonds. The van der Waals surface area contributed by atoms with Crippen molar-refractivity contribution < 1.29 is 9.59 Å². The van der Waals surface area contributed by atoms with Crippen molar-refractivity contribution in [2.24, 2.45) is 0 Å². The number of nitrogens with zero attached hydrogens (tertiary/aromatic N) is 2. The zero-order valence-corrected chi connectivity index (χ0v) is 17.9. The molecule has 0 bridgehead atoms. The smallest absolute Gasteiger partial charge is 0.315 e. The van der Waals surface area contributed by atoms with E-state index in [-0.39, 0.29) is 29.3 Å². The van der Waals surface area contributed by atoms with Crippen molar-refractivity contribution in [2.45, 2.75) is 30.4 Å². The molecule has 0 saturated carbocycles. The minimum absolute atomic E-state index is 0.00574. The maximum atomic E-state index is 13.6. The van der Waals surface area contributed by atoms with E-state index in [2.05, 4.69) is 12.1 Å². The van der Waals surface area contributed by atoms with Crippen molar-refractivity contribution in [1.29, 1.82) is 0 Å². The first kappa shape index (κ1) is 19.9. The first-order chi connectivity index (χ1) is 15.2. The van der Waals surface area contributed by atoms with Gasteiger partial charge in [-0.05, 0) is 11.1 Å². The SMILES string of the molecule is O=C(C[C@H]1[C@@H]2CS[C@@H](c3ccccc3)N2C(=O)N1Cc1ccccc1)c1ccccc1. The Hall–Kier alpha value is -3.05. The number of urea groups is 1. The van der Waals surface area contributed by atoms with Gasteiger partial charge in [0.25, 0.3) is 0 Å². The van der Waals surface area contributed by atoms with Crippen molar-refractivity contribution in [3.63, 3.8) is 0 Å². The molecule has 0 aliphatic carbocycles. The summed E-state index contributed by atoms with van der Waals surface area (Å²) in [5.41, 5.74) is 2.93. The fraction of sp³-hybridized carbons (Fsp3) is 0.231. The first-order valence-corrected chi connectivity index (χ1v) is 11.6. The highest BCUT2D eigenvalue weighted by Gasteiger charge is 2.52.